The van der Waals surface area contributed by atoms with Crippen molar-refractivity contribution in [2.75, 3.05) is 25.1 Å². The Hall–Kier alpha value is -3.28. The molecular formula is C24H36N4O7S. The number of nitrogens with one attached hydrogen (secondary N) is 4. The van der Waals surface area contributed by atoms with Crippen LogP contribution in [0.2, 0.25) is 0 Å². The van der Waals surface area contributed by atoms with Gasteiger partial charge in [-0.3, -0.25) is 14.4 Å². The highest BCUT2D eigenvalue weighted by atomic mass is 32.2. The molecule has 0 saturated carbocycles. The second kappa shape index (κ2) is 15.7. The van der Waals surface area contributed by atoms with Gasteiger partial charge in [0, 0.05) is 0 Å². The van der Waals surface area contributed by atoms with Gasteiger partial charge in [-0.15, -0.1) is 0 Å². The summed E-state index contributed by atoms with van der Waals surface area (Å²) in [5.41, 5.74) is 0.230. The average Bonchev–Trinajstić information content (AvgIpc) is 2.80. The van der Waals surface area contributed by atoms with Crippen molar-refractivity contribution in [3.05, 3.63) is 35.9 Å². The number of carbonyl (C=O) groups is 5. The Kier molecular flexibility index (Phi) is 13.4. The fourth-order valence-corrected chi connectivity index (χ4v) is 3.41. The van der Waals surface area contributed by atoms with Crippen molar-refractivity contribution >= 4 is 41.5 Å². The zero-order valence-corrected chi connectivity index (χ0v) is 21.9. The molecule has 0 aliphatic rings. The van der Waals surface area contributed by atoms with E-state index in [0.29, 0.717) is 12.2 Å². The molecule has 0 aliphatic carbocycles. The van der Waals surface area contributed by atoms with Crippen molar-refractivity contribution in [2.24, 2.45) is 0 Å². The van der Waals surface area contributed by atoms with E-state index >= 15 is 0 Å². The van der Waals surface area contributed by atoms with Crippen molar-refractivity contribution in [1.29, 1.82) is 0 Å². The molecule has 11 nitrogen and oxygen atoms in total. The zero-order chi connectivity index (χ0) is 27.1. The number of carbonyl (C=O) groups excluding carboxylic acids is 4. The van der Waals surface area contributed by atoms with Crippen LogP contribution in [0, 0.1) is 0 Å². The molecule has 5 N–H and O–H groups in total. The topological polar surface area (TPSA) is 163 Å². The van der Waals surface area contributed by atoms with Crippen LogP contribution in [-0.4, -0.2) is 77.7 Å². The van der Waals surface area contributed by atoms with Crippen LogP contribution in [0.4, 0.5) is 4.79 Å². The number of hydrogen-bond acceptors (Lipinski definition) is 7. The van der Waals surface area contributed by atoms with E-state index in [9.17, 15) is 29.1 Å². The molecule has 1 aromatic carbocycles. The Labute approximate surface area is 215 Å². The number of alkyl carbamates (subject to hydrolysis) is 1. The first-order chi connectivity index (χ1) is 16.9. The third-order valence-corrected chi connectivity index (χ3v) is 5.32. The largest absolute Gasteiger partial charge is 0.480 e. The summed E-state index contributed by atoms with van der Waals surface area (Å²) >= 11 is 1.46. The maximum Gasteiger partial charge on any atom is 0.408 e. The summed E-state index contributed by atoms with van der Waals surface area (Å²) in [6.07, 6.45) is 2.00. The Morgan fingerprint density at radius 3 is 2.14 bits per heavy atom. The van der Waals surface area contributed by atoms with E-state index < -0.39 is 60.6 Å². The van der Waals surface area contributed by atoms with Crippen LogP contribution in [0.15, 0.2) is 30.3 Å². The molecule has 0 saturated heterocycles. The summed E-state index contributed by atoms with van der Waals surface area (Å²) in [6, 6.07) is 7.24. The van der Waals surface area contributed by atoms with E-state index in [1.54, 1.807) is 20.8 Å². The van der Waals surface area contributed by atoms with Crippen molar-refractivity contribution in [3.8, 4) is 0 Å². The van der Waals surface area contributed by atoms with E-state index in [-0.39, 0.29) is 12.8 Å². The average molecular weight is 525 g/mol. The minimum absolute atomic E-state index is 0.227. The number of amides is 4. The van der Waals surface area contributed by atoms with Gasteiger partial charge in [0.2, 0.25) is 17.7 Å². The molecule has 0 spiro atoms. The van der Waals surface area contributed by atoms with Crippen LogP contribution >= 0.6 is 11.8 Å². The van der Waals surface area contributed by atoms with Crippen LogP contribution in [0.5, 0.6) is 0 Å². The van der Waals surface area contributed by atoms with E-state index in [1.807, 2.05) is 36.6 Å². The molecule has 36 heavy (non-hydrogen) atoms. The Balaban J connectivity index is 2.69. The van der Waals surface area contributed by atoms with Gasteiger partial charge in [-0.1, -0.05) is 30.3 Å². The first-order valence-corrected chi connectivity index (χ1v) is 12.9. The second-order valence-corrected chi connectivity index (χ2v) is 9.94. The molecule has 4 amide bonds. The maximum atomic E-state index is 12.9. The normalized spacial score (nSPS) is 12.6. The fraction of sp³-hybridized carbons (Fsp3) is 0.542. The number of aliphatic carboxylic acids is 1. The minimum atomic E-state index is -1.16. The Bertz CT molecular complexity index is 890. The molecule has 12 heteroatoms. The number of carboxylic acid groups (broad SMARTS) is 1. The highest BCUT2D eigenvalue weighted by Gasteiger charge is 2.26. The lowest BCUT2D eigenvalue weighted by Gasteiger charge is -2.22. The Morgan fingerprint density at radius 2 is 1.56 bits per heavy atom. The van der Waals surface area contributed by atoms with Crippen LogP contribution in [0.3, 0.4) is 0 Å². The minimum Gasteiger partial charge on any atom is -0.480 e. The highest BCUT2D eigenvalue weighted by Crippen LogP contribution is 2.08. The van der Waals surface area contributed by atoms with Gasteiger partial charge in [-0.2, -0.15) is 11.8 Å². The number of thioether (sulfide) groups is 1. The molecule has 0 fully saturated rings. The fourth-order valence-electron chi connectivity index (χ4n) is 2.94. The lowest BCUT2D eigenvalue weighted by atomic mass is 10.0. The van der Waals surface area contributed by atoms with Gasteiger partial charge < -0.3 is 31.1 Å². The third-order valence-electron chi connectivity index (χ3n) is 4.68. The quantitative estimate of drug-likeness (QED) is 0.241. The molecule has 2 atom stereocenters. The van der Waals surface area contributed by atoms with Crippen molar-refractivity contribution in [3.63, 3.8) is 0 Å². The van der Waals surface area contributed by atoms with Gasteiger partial charge in [-0.05, 0) is 57.6 Å². The molecule has 200 valence electrons. The summed E-state index contributed by atoms with van der Waals surface area (Å²) < 4.78 is 5.03. The number of rotatable bonds is 14. The molecule has 0 radical (unpaired) electrons. The summed E-state index contributed by atoms with van der Waals surface area (Å²) in [4.78, 5) is 60.4. The zero-order valence-electron chi connectivity index (χ0n) is 21.1. The van der Waals surface area contributed by atoms with Gasteiger partial charge in [-0.25, -0.2) is 9.59 Å². The van der Waals surface area contributed by atoms with Crippen molar-refractivity contribution in [2.45, 2.75) is 57.7 Å². The molecule has 0 aromatic heterocycles. The first kappa shape index (κ1) is 30.8. The standard InChI is InChI=1S/C24H36N4O7S/c1-24(2,3)35-23(34)26-14-19(29)25-15-20(30)27-17(11-10-16-8-6-5-7-9-16)21(31)28-18(22(32)33)12-13-36-4/h5-9,17-18H,10-15H2,1-4H3,(H,25,29)(H,26,34)(H,27,30)(H,28,31)(H,32,33)/t17-,18-/m0/s1. The smallest absolute Gasteiger partial charge is 0.408 e. The lowest BCUT2D eigenvalue weighted by Crippen LogP contribution is -2.53. The molecular weight excluding hydrogens is 488 g/mol. The van der Waals surface area contributed by atoms with Crippen LogP contribution in [-0.2, 0) is 30.3 Å². The first-order valence-electron chi connectivity index (χ1n) is 11.5. The number of hydrogen-bond donors (Lipinski definition) is 5. The van der Waals surface area contributed by atoms with Crippen molar-refractivity contribution < 1.29 is 33.8 Å². The number of carboxylic acids is 1. The molecule has 1 rings (SSSR count). The second-order valence-electron chi connectivity index (χ2n) is 8.96. The van der Waals surface area contributed by atoms with Crippen LogP contribution in [0.1, 0.15) is 39.2 Å². The number of benzene rings is 1. The highest BCUT2D eigenvalue weighted by molar-refractivity contribution is 7.98. The van der Waals surface area contributed by atoms with E-state index in [4.69, 9.17) is 4.74 Å². The van der Waals surface area contributed by atoms with E-state index in [0.717, 1.165) is 5.56 Å². The van der Waals surface area contributed by atoms with Gasteiger partial charge >= 0.3 is 12.1 Å². The predicted molar refractivity (Wildman–Crippen MR) is 137 cm³/mol. The SMILES string of the molecule is CSCC[C@H](NC(=O)[C@H](CCc1ccccc1)NC(=O)CNC(=O)CNC(=O)OC(C)(C)C)C(=O)O. The van der Waals surface area contributed by atoms with Crippen LogP contribution in [0.25, 0.3) is 0 Å². The van der Waals surface area contributed by atoms with Crippen molar-refractivity contribution in [1.82, 2.24) is 21.3 Å². The molecule has 1 aromatic rings. The number of ether oxygens (including phenoxy) is 1. The molecule has 0 bridgehead atoms. The molecule has 0 unspecified atom stereocenters. The lowest BCUT2D eigenvalue weighted by molar-refractivity contribution is -0.142. The monoisotopic (exact) mass is 524 g/mol. The van der Waals surface area contributed by atoms with Crippen LogP contribution < -0.4 is 21.3 Å². The number of aryl methyl sites for hydroxylation is 1. The summed E-state index contributed by atoms with van der Waals surface area (Å²) in [5.74, 6) is -2.49. The summed E-state index contributed by atoms with van der Waals surface area (Å²) in [6.45, 7) is 4.23. The third kappa shape index (κ3) is 13.6. The summed E-state index contributed by atoms with van der Waals surface area (Å²) in [7, 11) is 0. The molecule has 0 aliphatic heterocycles. The van der Waals surface area contributed by atoms with E-state index in [1.165, 1.54) is 11.8 Å². The molecule has 0 heterocycles. The predicted octanol–water partition coefficient (Wildman–Crippen LogP) is 1.07. The Morgan fingerprint density at radius 1 is 0.917 bits per heavy atom. The van der Waals surface area contributed by atoms with E-state index in [2.05, 4.69) is 21.3 Å². The summed E-state index contributed by atoms with van der Waals surface area (Å²) in [5, 5.41) is 19.1. The van der Waals surface area contributed by atoms with Gasteiger partial charge in [0.05, 0.1) is 6.54 Å². The van der Waals surface area contributed by atoms with Gasteiger partial charge in [0.15, 0.2) is 0 Å². The van der Waals surface area contributed by atoms with Gasteiger partial charge in [0.1, 0.15) is 24.2 Å². The van der Waals surface area contributed by atoms with Gasteiger partial charge in [0.25, 0.3) is 0 Å². The maximum absolute atomic E-state index is 12.9.